The van der Waals surface area contributed by atoms with Crippen LogP contribution >= 0.6 is 0 Å². The second-order valence-electron chi connectivity index (χ2n) is 3.76. The number of anilines is 1. The molecular formula is C12H9F3N2O2. The largest absolute Gasteiger partial charge is 0.418 e. The van der Waals surface area contributed by atoms with Crippen molar-refractivity contribution in [2.45, 2.75) is 6.18 Å². The minimum absolute atomic E-state index is 0.0560. The summed E-state index contributed by atoms with van der Waals surface area (Å²) < 4.78 is 43.0. The molecule has 2 aromatic rings. The maximum Gasteiger partial charge on any atom is 0.418 e. The normalized spacial score (nSPS) is 11.4. The summed E-state index contributed by atoms with van der Waals surface area (Å²) in [6, 6.07) is 6.12. The number of benzene rings is 1. The molecule has 100 valence electrons. The van der Waals surface area contributed by atoms with Gasteiger partial charge in [0.25, 0.3) is 5.91 Å². The molecule has 0 fully saturated rings. The van der Waals surface area contributed by atoms with Gasteiger partial charge in [-0.1, -0.05) is 17.3 Å². The second-order valence-corrected chi connectivity index (χ2v) is 3.76. The highest BCUT2D eigenvalue weighted by atomic mass is 19.4. The van der Waals surface area contributed by atoms with Gasteiger partial charge in [0.05, 0.1) is 11.3 Å². The van der Waals surface area contributed by atoms with E-state index in [1.165, 1.54) is 37.6 Å². The number of halogens is 3. The van der Waals surface area contributed by atoms with E-state index in [0.717, 1.165) is 11.0 Å². The maximum atomic E-state index is 12.8. The van der Waals surface area contributed by atoms with Crippen molar-refractivity contribution in [2.75, 3.05) is 11.9 Å². The first kappa shape index (κ1) is 13.1. The van der Waals surface area contributed by atoms with Crippen LogP contribution in [0, 0.1) is 0 Å². The van der Waals surface area contributed by atoms with E-state index in [2.05, 4.69) is 9.68 Å². The van der Waals surface area contributed by atoms with Crippen LogP contribution in [-0.4, -0.2) is 18.1 Å². The highest BCUT2D eigenvalue weighted by molar-refractivity contribution is 6.04. The maximum absolute atomic E-state index is 12.8. The molecule has 0 aliphatic heterocycles. The zero-order chi connectivity index (χ0) is 14.0. The van der Waals surface area contributed by atoms with Crippen LogP contribution in [-0.2, 0) is 6.18 Å². The minimum Gasteiger partial charge on any atom is -0.364 e. The summed E-state index contributed by atoms with van der Waals surface area (Å²) in [6.07, 6.45) is -3.36. The van der Waals surface area contributed by atoms with Crippen molar-refractivity contribution in [3.8, 4) is 0 Å². The zero-order valence-electron chi connectivity index (χ0n) is 9.81. The van der Waals surface area contributed by atoms with Crippen molar-refractivity contribution in [3.63, 3.8) is 0 Å². The Bertz CT molecular complexity index is 579. The Hall–Kier alpha value is -2.31. The third-order valence-corrected chi connectivity index (χ3v) is 2.53. The summed E-state index contributed by atoms with van der Waals surface area (Å²) in [7, 11) is 1.25. The van der Waals surface area contributed by atoms with Crippen LogP contribution in [0.3, 0.4) is 0 Å². The molecule has 4 nitrogen and oxygen atoms in total. The summed E-state index contributed by atoms with van der Waals surface area (Å²) in [4.78, 5) is 12.8. The second kappa shape index (κ2) is 4.75. The van der Waals surface area contributed by atoms with Crippen molar-refractivity contribution >= 4 is 11.6 Å². The highest BCUT2D eigenvalue weighted by Crippen LogP contribution is 2.36. The molecule has 1 aromatic carbocycles. The van der Waals surface area contributed by atoms with E-state index in [9.17, 15) is 18.0 Å². The van der Waals surface area contributed by atoms with Gasteiger partial charge in [0.1, 0.15) is 6.26 Å². The number of para-hydroxylation sites is 1. The first-order valence-electron chi connectivity index (χ1n) is 5.26. The number of nitrogens with zero attached hydrogens (tertiary/aromatic N) is 2. The average Bonchev–Trinajstić information content (AvgIpc) is 2.90. The van der Waals surface area contributed by atoms with Gasteiger partial charge in [0.15, 0.2) is 5.69 Å². The van der Waals surface area contributed by atoms with Crippen LogP contribution in [0.1, 0.15) is 16.1 Å². The predicted octanol–water partition coefficient (Wildman–Crippen LogP) is 2.97. The van der Waals surface area contributed by atoms with E-state index < -0.39 is 17.6 Å². The van der Waals surface area contributed by atoms with Gasteiger partial charge in [-0.2, -0.15) is 13.2 Å². The van der Waals surface area contributed by atoms with Gasteiger partial charge in [0.2, 0.25) is 0 Å². The standard InChI is InChI=1S/C12H9F3N2O2/c1-17(11(18)9-6-7-19-16-9)10-5-3-2-4-8(10)12(13,14)15/h2-7H,1H3. The lowest BCUT2D eigenvalue weighted by molar-refractivity contribution is -0.137. The van der Waals surface area contributed by atoms with Crippen molar-refractivity contribution in [2.24, 2.45) is 0 Å². The molecule has 0 aliphatic carbocycles. The first-order valence-corrected chi connectivity index (χ1v) is 5.26. The number of aromatic nitrogens is 1. The van der Waals surface area contributed by atoms with Crippen molar-refractivity contribution < 1.29 is 22.5 Å². The van der Waals surface area contributed by atoms with Crippen LogP contribution in [0.4, 0.5) is 18.9 Å². The smallest absolute Gasteiger partial charge is 0.364 e. The quantitative estimate of drug-likeness (QED) is 0.842. The van der Waals surface area contributed by atoms with Crippen LogP contribution in [0.15, 0.2) is 41.1 Å². The number of amides is 1. The number of hydrogen-bond acceptors (Lipinski definition) is 3. The van der Waals surface area contributed by atoms with Crippen molar-refractivity contribution in [1.82, 2.24) is 5.16 Å². The molecule has 1 heterocycles. The molecule has 19 heavy (non-hydrogen) atoms. The lowest BCUT2D eigenvalue weighted by atomic mass is 10.1. The van der Waals surface area contributed by atoms with E-state index in [4.69, 9.17) is 0 Å². The fourth-order valence-electron chi connectivity index (χ4n) is 1.61. The number of alkyl halides is 3. The summed E-state index contributed by atoms with van der Waals surface area (Å²) in [5.74, 6) is -0.676. The molecule has 1 amide bonds. The summed E-state index contributed by atoms with van der Waals surface area (Å²) in [5.41, 5.74) is -1.17. The number of rotatable bonds is 2. The molecule has 1 aromatic heterocycles. The molecule has 0 saturated carbocycles. The Morgan fingerprint density at radius 1 is 1.26 bits per heavy atom. The van der Waals surface area contributed by atoms with Gasteiger partial charge in [-0.15, -0.1) is 0 Å². The van der Waals surface area contributed by atoms with E-state index in [1.807, 2.05) is 0 Å². The van der Waals surface area contributed by atoms with Crippen LogP contribution in [0.25, 0.3) is 0 Å². The Kier molecular flexibility index (Phi) is 3.28. The van der Waals surface area contributed by atoms with Crippen molar-refractivity contribution in [1.29, 1.82) is 0 Å². The van der Waals surface area contributed by atoms with Gasteiger partial charge in [0, 0.05) is 13.1 Å². The Morgan fingerprint density at radius 3 is 2.53 bits per heavy atom. The van der Waals surface area contributed by atoms with Gasteiger partial charge in [-0.05, 0) is 12.1 Å². The van der Waals surface area contributed by atoms with Gasteiger partial charge >= 0.3 is 6.18 Å². The fourth-order valence-corrected chi connectivity index (χ4v) is 1.61. The SMILES string of the molecule is CN(C(=O)c1ccon1)c1ccccc1C(F)(F)F. The lowest BCUT2D eigenvalue weighted by Crippen LogP contribution is -2.28. The molecular weight excluding hydrogens is 261 g/mol. The Labute approximate surface area is 106 Å². The number of carbonyl (C=O) groups is 1. The molecule has 0 spiro atoms. The molecule has 0 aliphatic rings. The molecule has 0 unspecified atom stereocenters. The van der Waals surface area contributed by atoms with Crippen LogP contribution in [0.5, 0.6) is 0 Å². The lowest BCUT2D eigenvalue weighted by Gasteiger charge is -2.20. The van der Waals surface area contributed by atoms with E-state index in [0.29, 0.717) is 0 Å². The highest BCUT2D eigenvalue weighted by Gasteiger charge is 2.35. The molecule has 0 saturated heterocycles. The third-order valence-electron chi connectivity index (χ3n) is 2.53. The Morgan fingerprint density at radius 2 is 1.95 bits per heavy atom. The summed E-state index contributed by atoms with van der Waals surface area (Å²) in [6.45, 7) is 0. The third kappa shape index (κ3) is 2.59. The fraction of sp³-hybridized carbons (Fsp3) is 0.167. The van der Waals surface area contributed by atoms with Crippen LogP contribution < -0.4 is 4.90 Å². The van der Waals surface area contributed by atoms with E-state index >= 15 is 0 Å². The minimum atomic E-state index is -4.53. The van der Waals surface area contributed by atoms with Gasteiger partial charge < -0.3 is 9.42 Å². The molecule has 0 radical (unpaired) electrons. The Balaban J connectivity index is 2.40. The van der Waals surface area contributed by atoms with Crippen LogP contribution in [0.2, 0.25) is 0 Å². The number of hydrogen-bond donors (Lipinski definition) is 0. The molecule has 0 N–H and O–H groups in total. The predicted molar refractivity (Wildman–Crippen MR) is 60.7 cm³/mol. The monoisotopic (exact) mass is 270 g/mol. The van der Waals surface area contributed by atoms with E-state index in [1.54, 1.807) is 0 Å². The number of carbonyl (C=O) groups excluding carboxylic acids is 1. The zero-order valence-corrected chi connectivity index (χ0v) is 9.81. The summed E-state index contributed by atoms with van der Waals surface area (Å²) >= 11 is 0. The molecule has 2 rings (SSSR count). The van der Waals surface area contributed by atoms with Gasteiger partial charge in [-0.25, -0.2) is 0 Å². The van der Waals surface area contributed by atoms with Gasteiger partial charge in [-0.3, -0.25) is 4.79 Å². The summed E-state index contributed by atoms with van der Waals surface area (Å²) in [5, 5.41) is 3.41. The van der Waals surface area contributed by atoms with Crippen molar-refractivity contribution in [3.05, 3.63) is 47.9 Å². The topological polar surface area (TPSA) is 46.3 Å². The molecule has 0 bridgehead atoms. The molecule has 7 heteroatoms. The molecule has 0 atom stereocenters. The average molecular weight is 270 g/mol. The first-order chi connectivity index (χ1) is 8.91. The van der Waals surface area contributed by atoms with E-state index in [-0.39, 0.29) is 11.4 Å².